The lowest BCUT2D eigenvalue weighted by Crippen LogP contribution is -2.19. The Hall–Kier alpha value is -3.25. The minimum absolute atomic E-state index is 0.0748. The summed E-state index contributed by atoms with van der Waals surface area (Å²) in [6.07, 6.45) is 2.95. The topological polar surface area (TPSA) is 64.6 Å². The largest absolute Gasteiger partial charge is 0.463 e. The minimum atomic E-state index is -0.613. The van der Waals surface area contributed by atoms with Gasteiger partial charge in [-0.15, -0.1) is 6.58 Å². The molecule has 2 heterocycles. The summed E-state index contributed by atoms with van der Waals surface area (Å²) in [5.74, 6) is -0.212. The van der Waals surface area contributed by atoms with Crippen molar-refractivity contribution in [3.63, 3.8) is 0 Å². The Balaban J connectivity index is 1.88. The molecule has 0 aliphatic carbocycles. The fraction of sp³-hybridized carbons (Fsp3) is 0.174. The van der Waals surface area contributed by atoms with E-state index in [1.165, 1.54) is 23.2 Å². The fourth-order valence-corrected chi connectivity index (χ4v) is 4.30. The van der Waals surface area contributed by atoms with Crippen molar-refractivity contribution in [3.8, 4) is 0 Å². The number of rotatable bonds is 4. The Labute approximate surface area is 171 Å². The molecule has 0 atom stereocenters. The Kier molecular flexibility index (Phi) is 5.03. The van der Waals surface area contributed by atoms with Crippen molar-refractivity contribution < 1.29 is 9.21 Å². The number of fused-ring (bicyclic) bond motifs is 2. The lowest BCUT2D eigenvalue weighted by Gasteiger charge is -2.05. The molecule has 4 aromatic rings. The number of carbonyl (C=O) groups is 1. The number of benzene rings is 2. The highest BCUT2D eigenvalue weighted by atomic mass is 32.1. The van der Waals surface area contributed by atoms with E-state index in [0.29, 0.717) is 28.2 Å². The summed E-state index contributed by atoms with van der Waals surface area (Å²) < 4.78 is 8.43. The van der Waals surface area contributed by atoms with Crippen LogP contribution in [0.2, 0.25) is 0 Å². The second kappa shape index (κ2) is 7.64. The van der Waals surface area contributed by atoms with Gasteiger partial charge in [-0.05, 0) is 35.7 Å². The maximum atomic E-state index is 12.8. The zero-order valence-corrected chi connectivity index (χ0v) is 17.0. The lowest BCUT2D eigenvalue weighted by atomic mass is 10.0. The van der Waals surface area contributed by atoms with Gasteiger partial charge in [0.15, 0.2) is 4.80 Å². The summed E-state index contributed by atoms with van der Waals surface area (Å²) in [6.45, 7) is 8.60. The highest BCUT2D eigenvalue weighted by molar-refractivity contribution is 7.16. The molecule has 0 spiro atoms. The van der Waals surface area contributed by atoms with Crippen molar-refractivity contribution in [1.82, 2.24) is 4.57 Å². The van der Waals surface area contributed by atoms with E-state index in [9.17, 15) is 9.59 Å². The molecule has 6 heteroatoms. The van der Waals surface area contributed by atoms with Crippen LogP contribution in [0.4, 0.5) is 0 Å². The number of thiazole rings is 1. The van der Waals surface area contributed by atoms with Crippen molar-refractivity contribution in [2.75, 3.05) is 0 Å². The Morgan fingerprint density at radius 1 is 1.28 bits per heavy atom. The minimum Gasteiger partial charge on any atom is -0.463 e. The van der Waals surface area contributed by atoms with Gasteiger partial charge in [0.1, 0.15) is 17.4 Å². The third kappa shape index (κ3) is 3.47. The third-order valence-corrected chi connectivity index (χ3v) is 5.83. The summed E-state index contributed by atoms with van der Waals surface area (Å²) in [6, 6.07) is 13.1. The van der Waals surface area contributed by atoms with Crippen LogP contribution in [0.1, 0.15) is 35.7 Å². The van der Waals surface area contributed by atoms with Gasteiger partial charge in [-0.25, -0.2) is 0 Å². The molecule has 5 nitrogen and oxygen atoms in total. The predicted octanol–water partition coefficient (Wildman–Crippen LogP) is 4.86. The molecular weight excluding hydrogens is 384 g/mol. The van der Waals surface area contributed by atoms with E-state index in [0.717, 1.165) is 10.2 Å². The Bertz CT molecular complexity index is 1370. The molecular formula is C23H20N2O3S. The molecule has 29 heavy (non-hydrogen) atoms. The fourth-order valence-electron chi connectivity index (χ4n) is 3.21. The zero-order valence-electron chi connectivity index (χ0n) is 16.2. The van der Waals surface area contributed by atoms with Gasteiger partial charge < -0.3 is 8.98 Å². The maximum absolute atomic E-state index is 12.8. The van der Waals surface area contributed by atoms with Gasteiger partial charge in [0, 0.05) is 6.54 Å². The molecule has 0 bridgehead atoms. The van der Waals surface area contributed by atoms with Gasteiger partial charge in [-0.3, -0.25) is 9.59 Å². The predicted molar refractivity (Wildman–Crippen MR) is 116 cm³/mol. The van der Waals surface area contributed by atoms with Crippen molar-refractivity contribution in [1.29, 1.82) is 0 Å². The average Bonchev–Trinajstić information content (AvgIpc) is 3.05. The van der Waals surface area contributed by atoms with Gasteiger partial charge in [-0.2, -0.15) is 4.99 Å². The standard InChI is InChI=1S/C23H20N2O3S/c1-4-11-25-18-10-9-15(14(2)3)12-20(18)29-23(25)24-22(27)17-13-28-19-8-6-5-7-16(19)21(17)26/h4-10,12-14H,1,11H2,2-3H3. The smallest absolute Gasteiger partial charge is 0.286 e. The van der Waals surface area contributed by atoms with Crippen LogP contribution in [0.15, 0.2) is 75.6 Å². The highest BCUT2D eigenvalue weighted by Crippen LogP contribution is 2.23. The van der Waals surface area contributed by atoms with Crippen LogP contribution in [0.5, 0.6) is 0 Å². The molecule has 2 aromatic carbocycles. The third-order valence-electron chi connectivity index (χ3n) is 4.79. The first kappa shape index (κ1) is 19.1. The van der Waals surface area contributed by atoms with Gasteiger partial charge >= 0.3 is 0 Å². The van der Waals surface area contributed by atoms with Crippen LogP contribution >= 0.6 is 11.3 Å². The molecule has 4 rings (SSSR count). The number of allylic oxidation sites excluding steroid dienone is 1. The molecule has 1 amide bonds. The molecule has 0 saturated carbocycles. The number of hydrogen-bond acceptors (Lipinski definition) is 4. The van der Waals surface area contributed by atoms with Crippen LogP contribution < -0.4 is 10.2 Å². The first-order valence-electron chi connectivity index (χ1n) is 9.33. The Morgan fingerprint density at radius 2 is 2.07 bits per heavy atom. The van der Waals surface area contributed by atoms with Crippen LogP contribution in [-0.2, 0) is 6.54 Å². The van der Waals surface area contributed by atoms with Crippen molar-refractivity contribution >= 4 is 38.4 Å². The lowest BCUT2D eigenvalue weighted by molar-refractivity contribution is 0.0995. The first-order chi connectivity index (χ1) is 14.0. The van der Waals surface area contributed by atoms with Gasteiger partial charge in [-0.1, -0.05) is 49.5 Å². The summed E-state index contributed by atoms with van der Waals surface area (Å²) >= 11 is 1.42. The second-order valence-electron chi connectivity index (χ2n) is 7.06. The number of aromatic nitrogens is 1. The summed E-state index contributed by atoms with van der Waals surface area (Å²) in [7, 11) is 0. The summed E-state index contributed by atoms with van der Waals surface area (Å²) in [5, 5.41) is 0.366. The monoisotopic (exact) mass is 404 g/mol. The number of hydrogen-bond donors (Lipinski definition) is 0. The van der Waals surface area contributed by atoms with E-state index in [1.54, 1.807) is 30.3 Å². The molecule has 2 aromatic heterocycles. The quantitative estimate of drug-likeness (QED) is 0.456. The summed E-state index contributed by atoms with van der Waals surface area (Å²) in [4.78, 5) is 30.3. The van der Waals surface area contributed by atoms with Gasteiger partial charge in [0.25, 0.3) is 5.91 Å². The van der Waals surface area contributed by atoms with Crippen LogP contribution in [0, 0.1) is 0 Å². The normalized spacial score (nSPS) is 12.2. The zero-order chi connectivity index (χ0) is 20.5. The van der Waals surface area contributed by atoms with E-state index in [1.807, 2.05) is 10.6 Å². The van der Waals surface area contributed by atoms with E-state index in [2.05, 4.69) is 37.6 Å². The van der Waals surface area contributed by atoms with E-state index < -0.39 is 5.91 Å². The van der Waals surface area contributed by atoms with Crippen molar-refractivity contribution in [2.24, 2.45) is 4.99 Å². The van der Waals surface area contributed by atoms with E-state index in [4.69, 9.17) is 4.42 Å². The first-order valence-corrected chi connectivity index (χ1v) is 10.1. The van der Waals surface area contributed by atoms with Gasteiger partial charge in [0.2, 0.25) is 5.43 Å². The number of nitrogens with zero attached hydrogens (tertiary/aromatic N) is 2. The highest BCUT2D eigenvalue weighted by Gasteiger charge is 2.15. The number of para-hydroxylation sites is 1. The van der Waals surface area contributed by atoms with Crippen molar-refractivity contribution in [2.45, 2.75) is 26.3 Å². The van der Waals surface area contributed by atoms with Crippen LogP contribution in [0.3, 0.4) is 0 Å². The van der Waals surface area contributed by atoms with E-state index >= 15 is 0 Å². The molecule has 0 saturated heterocycles. The summed E-state index contributed by atoms with van der Waals surface area (Å²) in [5.41, 5.74) is 2.20. The molecule has 0 N–H and O–H groups in total. The SMILES string of the molecule is C=CCn1c(=NC(=O)c2coc3ccccc3c2=O)sc2cc(C(C)C)ccc21. The molecule has 0 fully saturated rings. The average molecular weight is 404 g/mol. The molecule has 0 aliphatic heterocycles. The molecule has 0 radical (unpaired) electrons. The molecule has 0 unspecified atom stereocenters. The molecule has 0 aliphatic rings. The molecule has 146 valence electrons. The second-order valence-corrected chi connectivity index (χ2v) is 8.07. The number of amides is 1. The van der Waals surface area contributed by atoms with Crippen LogP contribution in [-0.4, -0.2) is 10.5 Å². The Morgan fingerprint density at radius 3 is 2.83 bits per heavy atom. The number of carbonyl (C=O) groups excluding carboxylic acids is 1. The van der Waals surface area contributed by atoms with Crippen molar-refractivity contribution in [3.05, 3.63) is 87.5 Å². The van der Waals surface area contributed by atoms with E-state index in [-0.39, 0.29) is 11.0 Å². The van der Waals surface area contributed by atoms with Crippen LogP contribution in [0.25, 0.3) is 21.2 Å². The van der Waals surface area contributed by atoms with Gasteiger partial charge in [0.05, 0.1) is 15.6 Å². The maximum Gasteiger partial charge on any atom is 0.286 e.